The second-order valence-electron chi connectivity index (χ2n) is 16.2. The molecule has 0 radical (unpaired) electrons. The number of hydrogen-bond donors (Lipinski definition) is 1. The van der Waals surface area contributed by atoms with Crippen LogP contribution in [0.3, 0.4) is 0 Å². The molecule has 0 aliphatic heterocycles. The molecule has 1 rings (SSSR count). The number of aromatic nitrogens is 2. The Labute approximate surface area is 329 Å². The van der Waals surface area contributed by atoms with Gasteiger partial charge in [-0.15, -0.1) is 12.4 Å². The lowest BCUT2D eigenvalue weighted by Crippen LogP contribution is -2.37. The van der Waals surface area contributed by atoms with Crippen LogP contribution >= 0.6 is 12.4 Å². The van der Waals surface area contributed by atoms with E-state index in [0.717, 1.165) is 6.54 Å². The molecule has 1 aromatic heterocycles. The average molecular weight is 740 g/mol. The van der Waals surface area contributed by atoms with Crippen molar-refractivity contribution >= 4 is 12.4 Å². The van der Waals surface area contributed by atoms with Crippen molar-refractivity contribution in [1.29, 1.82) is 0 Å². The topological polar surface area (TPSA) is 34.8 Å². The van der Waals surface area contributed by atoms with Crippen LogP contribution in [-0.2, 0) is 7.05 Å². The van der Waals surface area contributed by atoms with Crippen LogP contribution in [0.2, 0.25) is 0 Å². The molecule has 0 aromatic carbocycles. The smallest absolute Gasteiger partial charge is 0.243 e. The van der Waals surface area contributed by atoms with Gasteiger partial charge < -0.3 is 5.73 Å². The molecule has 0 aliphatic rings. The largest absolute Gasteiger partial charge is 0.330 e. The summed E-state index contributed by atoms with van der Waals surface area (Å²) in [4.78, 5) is 0. The van der Waals surface area contributed by atoms with Crippen LogP contribution in [0.5, 0.6) is 0 Å². The molecule has 0 saturated heterocycles. The number of rotatable bonds is 39. The van der Waals surface area contributed by atoms with Gasteiger partial charge in [0.2, 0.25) is 6.33 Å². The molecule has 4 heteroatoms. The first-order chi connectivity index (χ1) is 24.7. The summed E-state index contributed by atoms with van der Waals surface area (Å²) in [6, 6.07) is 0.712. The van der Waals surface area contributed by atoms with E-state index in [1.54, 1.807) is 0 Å². The highest BCUT2D eigenvalue weighted by Crippen LogP contribution is 2.20. The van der Waals surface area contributed by atoms with Crippen LogP contribution in [0.25, 0.3) is 0 Å². The first kappa shape index (κ1) is 52.6. The highest BCUT2D eigenvalue weighted by molar-refractivity contribution is 5.85. The third kappa shape index (κ3) is 40.5. The third-order valence-electron chi connectivity index (χ3n) is 11.1. The van der Waals surface area contributed by atoms with Gasteiger partial charge in [0.15, 0.2) is 0 Å². The summed E-state index contributed by atoms with van der Waals surface area (Å²) in [5, 5.41) is 0. The van der Waals surface area contributed by atoms with Gasteiger partial charge in [0.05, 0.1) is 7.05 Å². The minimum Gasteiger partial charge on any atom is -0.330 e. The van der Waals surface area contributed by atoms with E-state index in [-0.39, 0.29) is 12.4 Å². The standard InChI is InChI=1S/C29H57N2.C18H39N.ClH/c1-4-6-8-10-12-14-15-16-17-19-21-23-25-29(31-27-26-30(3)28-31)24-22-20-18-13-11-9-7-5-2;1-2-3-4-5-6-7-8-9-10-11-12-13-14-15-16-17-18-19;/h26-29H,4-25H2,1-3H3;2-19H2,1H3;1H/q+1;;. The molecule has 0 saturated carbocycles. The Bertz CT molecular complexity index is 719. The Morgan fingerprint density at radius 2 is 0.667 bits per heavy atom. The zero-order valence-electron chi connectivity index (χ0n) is 35.8. The lowest BCUT2D eigenvalue weighted by molar-refractivity contribution is -0.724. The van der Waals surface area contributed by atoms with Gasteiger partial charge in [0.1, 0.15) is 18.4 Å². The van der Waals surface area contributed by atoms with Gasteiger partial charge in [0, 0.05) is 0 Å². The van der Waals surface area contributed by atoms with Crippen molar-refractivity contribution in [2.24, 2.45) is 12.8 Å². The van der Waals surface area contributed by atoms with Crippen LogP contribution < -0.4 is 10.3 Å². The Kier molecular flexibility index (Phi) is 47.0. The van der Waals surface area contributed by atoms with Crippen molar-refractivity contribution in [2.45, 2.75) is 271 Å². The van der Waals surface area contributed by atoms with Gasteiger partial charge in [0.25, 0.3) is 0 Å². The average Bonchev–Trinajstić information content (AvgIpc) is 3.56. The summed E-state index contributed by atoms with van der Waals surface area (Å²) in [6.45, 7) is 7.77. The fraction of sp³-hybridized carbons (Fsp3) is 0.936. The maximum absolute atomic E-state index is 5.48. The minimum absolute atomic E-state index is 0. The lowest BCUT2D eigenvalue weighted by atomic mass is 9.99. The zero-order chi connectivity index (χ0) is 36.4. The van der Waals surface area contributed by atoms with E-state index in [0.29, 0.717) is 6.04 Å². The fourth-order valence-corrected chi connectivity index (χ4v) is 7.56. The van der Waals surface area contributed by atoms with E-state index in [1.165, 1.54) is 244 Å². The number of imidazole rings is 1. The first-order valence-electron chi connectivity index (χ1n) is 23.4. The monoisotopic (exact) mass is 739 g/mol. The van der Waals surface area contributed by atoms with Crippen LogP contribution in [0.4, 0.5) is 0 Å². The van der Waals surface area contributed by atoms with Crippen LogP contribution in [0, 0.1) is 0 Å². The van der Waals surface area contributed by atoms with E-state index in [1.807, 2.05) is 0 Å². The third-order valence-corrected chi connectivity index (χ3v) is 11.1. The number of hydrogen-bond acceptors (Lipinski definition) is 1. The Morgan fingerprint density at radius 1 is 0.412 bits per heavy atom. The molecule has 2 N–H and O–H groups in total. The number of unbranched alkanes of at least 4 members (excludes halogenated alkanes) is 33. The summed E-state index contributed by atoms with van der Waals surface area (Å²) in [6.07, 6.45) is 61.0. The molecule has 3 nitrogen and oxygen atoms in total. The molecule has 1 atom stereocenters. The van der Waals surface area contributed by atoms with E-state index in [2.05, 4.69) is 55.7 Å². The summed E-state index contributed by atoms with van der Waals surface area (Å²) >= 11 is 0. The number of nitrogens with two attached hydrogens (primary N) is 1. The number of halogens is 1. The van der Waals surface area contributed by atoms with Gasteiger partial charge in [-0.3, -0.25) is 0 Å². The van der Waals surface area contributed by atoms with E-state index >= 15 is 0 Å². The predicted molar refractivity (Wildman–Crippen MR) is 233 cm³/mol. The highest BCUT2D eigenvalue weighted by atomic mass is 35.5. The normalized spacial score (nSPS) is 11.7. The molecule has 0 spiro atoms. The predicted octanol–water partition coefficient (Wildman–Crippen LogP) is 16.1. The quantitative estimate of drug-likeness (QED) is 0.0530. The van der Waals surface area contributed by atoms with Crippen molar-refractivity contribution in [3.05, 3.63) is 18.7 Å². The molecule has 0 aliphatic carbocycles. The molecule has 0 amide bonds. The van der Waals surface area contributed by atoms with Gasteiger partial charge in [-0.25, -0.2) is 9.13 Å². The summed E-state index contributed by atoms with van der Waals surface area (Å²) in [5.74, 6) is 0. The lowest BCUT2D eigenvalue weighted by Gasteiger charge is -2.14. The highest BCUT2D eigenvalue weighted by Gasteiger charge is 2.15. The Balaban J connectivity index is 0. The molecular weight excluding hydrogens is 642 g/mol. The molecule has 306 valence electrons. The minimum atomic E-state index is 0. The molecular formula is C47H97ClN3+. The van der Waals surface area contributed by atoms with Crippen molar-refractivity contribution in [3.8, 4) is 0 Å². The van der Waals surface area contributed by atoms with Crippen LogP contribution in [-0.4, -0.2) is 11.1 Å². The Hall–Kier alpha value is -0.540. The number of nitrogens with zero attached hydrogens (tertiary/aromatic N) is 2. The van der Waals surface area contributed by atoms with E-state index < -0.39 is 0 Å². The molecule has 0 bridgehead atoms. The fourth-order valence-electron chi connectivity index (χ4n) is 7.56. The van der Waals surface area contributed by atoms with Crippen LogP contribution in [0.1, 0.15) is 271 Å². The number of aryl methyl sites for hydroxylation is 1. The second-order valence-corrected chi connectivity index (χ2v) is 16.2. The molecule has 1 aromatic rings. The van der Waals surface area contributed by atoms with Crippen molar-refractivity contribution < 1.29 is 4.57 Å². The van der Waals surface area contributed by atoms with Crippen LogP contribution in [0.15, 0.2) is 18.7 Å². The van der Waals surface area contributed by atoms with Crippen molar-refractivity contribution in [3.63, 3.8) is 0 Å². The molecule has 1 heterocycles. The van der Waals surface area contributed by atoms with Crippen molar-refractivity contribution in [2.75, 3.05) is 6.54 Å². The molecule has 51 heavy (non-hydrogen) atoms. The van der Waals surface area contributed by atoms with Crippen molar-refractivity contribution in [1.82, 2.24) is 4.57 Å². The second kappa shape index (κ2) is 45.6. The summed E-state index contributed by atoms with van der Waals surface area (Å²) in [7, 11) is 2.15. The SMILES string of the molecule is CCCCCCCCCCCCCCC(CCCCCCCCCC)[n+]1ccn(C)c1.CCCCCCCCCCCCCCCCCCN.Cl. The van der Waals surface area contributed by atoms with Gasteiger partial charge in [-0.05, 0) is 38.6 Å². The van der Waals surface area contributed by atoms with Gasteiger partial charge in [-0.2, -0.15) is 0 Å². The van der Waals surface area contributed by atoms with Gasteiger partial charge >= 0.3 is 0 Å². The molecule has 0 fully saturated rings. The maximum Gasteiger partial charge on any atom is 0.243 e. The van der Waals surface area contributed by atoms with E-state index in [9.17, 15) is 0 Å². The van der Waals surface area contributed by atoms with E-state index in [4.69, 9.17) is 5.73 Å². The Morgan fingerprint density at radius 3 is 0.902 bits per heavy atom. The van der Waals surface area contributed by atoms with Gasteiger partial charge in [-0.1, -0.05) is 233 Å². The molecule has 1 unspecified atom stereocenters. The summed E-state index contributed by atoms with van der Waals surface area (Å²) in [5.41, 5.74) is 5.48. The zero-order valence-corrected chi connectivity index (χ0v) is 36.6. The first-order valence-corrected chi connectivity index (χ1v) is 23.4. The maximum atomic E-state index is 5.48. The summed E-state index contributed by atoms with van der Waals surface area (Å²) < 4.78 is 4.68.